The Balaban J connectivity index is 0.000000202. The van der Waals surface area contributed by atoms with Crippen LogP contribution in [0.1, 0.15) is 123 Å². The number of piperazine rings is 2. The molecule has 0 unspecified atom stereocenters. The molecule has 8 aromatic heterocycles. The van der Waals surface area contributed by atoms with E-state index in [1.165, 1.54) is 52.1 Å². The van der Waals surface area contributed by atoms with Gasteiger partial charge in [-0.15, -0.1) is 0 Å². The second-order valence-corrected chi connectivity index (χ2v) is 29.8. The summed E-state index contributed by atoms with van der Waals surface area (Å²) >= 11 is 6.11. The summed E-state index contributed by atoms with van der Waals surface area (Å²) in [6.45, 7) is 24.7. The van der Waals surface area contributed by atoms with Crippen molar-refractivity contribution in [2.24, 2.45) is 0 Å². The largest absolute Gasteiger partial charge is 0.481 e. The summed E-state index contributed by atoms with van der Waals surface area (Å²) in [4.78, 5) is 111. The SMILES string of the molecule is COc1nccc2ccc(F)c(-c3nc4c(cc3F)c(N3C[C@@H](C)N(C(=O)OC(C)(C)C)C[C@@H]3CO)c([N+](=O)[O-])c(=O)n4-c3c(C)ccnc3C(C)C)c12.COc1nccc2ccc(F)c(C)c12.Cc1ccnc(C(C)C)c1-n1c(=O)c([N+](=O)[O-])c(N2C[C@@H](C)N(C(=O)OC(C)(C)C)C[C@@H]2CO)c2cc(F)c(Cl)nc21. The van der Waals surface area contributed by atoms with Gasteiger partial charge in [-0.3, -0.25) is 48.9 Å². The first-order valence-corrected chi connectivity index (χ1v) is 35.6. The lowest BCUT2D eigenvalue weighted by atomic mass is 10.00. The van der Waals surface area contributed by atoms with Crippen LogP contribution in [0.2, 0.25) is 5.15 Å². The number of aliphatic hydroxyl groups is 2. The number of fused-ring (bicyclic) bond motifs is 4. The smallest absolute Gasteiger partial charge is 0.410 e. The van der Waals surface area contributed by atoms with Crippen LogP contribution in [0.5, 0.6) is 11.8 Å². The van der Waals surface area contributed by atoms with Gasteiger partial charge in [-0.2, -0.15) is 0 Å². The number of methoxy groups -OCH3 is 2. The lowest BCUT2D eigenvalue weighted by molar-refractivity contribution is -0.385. The molecule has 2 aliphatic rings. The Kier molecular flexibility index (Phi) is 23.7. The van der Waals surface area contributed by atoms with Crippen LogP contribution in [0.3, 0.4) is 0 Å². The first-order chi connectivity index (χ1) is 51.8. The van der Waals surface area contributed by atoms with Crippen molar-refractivity contribution < 1.29 is 66.2 Å². The van der Waals surface area contributed by atoms with Gasteiger partial charge in [0.05, 0.1) is 93.8 Å². The van der Waals surface area contributed by atoms with Gasteiger partial charge in [-0.05, 0) is 164 Å². The highest BCUT2D eigenvalue weighted by molar-refractivity contribution is 6.30. The molecule has 2 aliphatic heterocycles. The van der Waals surface area contributed by atoms with E-state index in [9.17, 15) is 54.0 Å². The molecule has 0 spiro atoms. The van der Waals surface area contributed by atoms with Crippen molar-refractivity contribution in [1.29, 1.82) is 0 Å². The maximum atomic E-state index is 16.8. The number of halogens is 5. The molecule has 10 heterocycles. The van der Waals surface area contributed by atoms with Crippen LogP contribution in [-0.2, 0) is 9.47 Å². The first kappa shape index (κ1) is 81.3. The minimum absolute atomic E-state index is 0.00194. The number of hydrogen-bond acceptors (Lipinski definition) is 22. The molecule has 582 valence electrons. The number of aromatic nitrogens is 8. The van der Waals surface area contributed by atoms with Crippen LogP contribution in [0, 0.1) is 64.3 Å². The molecule has 110 heavy (non-hydrogen) atoms. The number of carbonyl (C=O) groups is 2. The van der Waals surface area contributed by atoms with Crippen molar-refractivity contribution in [2.45, 2.75) is 151 Å². The number of nitro groups is 2. The van der Waals surface area contributed by atoms with Crippen LogP contribution in [0.25, 0.3) is 66.2 Å². The fourth-order valence-electron chi connectivity index (χ4n) is 13.8. The number of aliphatic hydroxyl groups excluding tert-OH is 2. The molecule has 2 fully saturated rings. The fourth-order valence-corrected chi connectivity index (χ4v) is 13.9. The van der Waals surface area contributed by atoms with Crippen molar-refractivity contribution in [3.05, 3.63) is 183 Å². The normalized spacial score (nSPS) is 16.1. The highest BCUT2D eigenvalue weighted by Gasteiger charge is 2.45. The Hall–Kier alpha value is -11.3. The average molecular weight is 1540 g/mol. The molecular weight excluding hydrogens is 1460 g/mol. The summed E-state index contributed by atoms with van der Waals surface area (Å²) in [5.41, 5.74) is -4.08. The van der Waals surface area contributed by atoms with Gasteiger partial charge >= 0.3 is 34.7 Å². The zero-order valence-corrected chi connectivity index (χ0v) is 64.5. The van der Waals surface area contributed by atoms with Gasteiger partial charge in [0.25, 0.3) is 0 Å². The molecule has 10 aromatic rings. The molecule has 0 saturated carbocycles. The van der Waals surface area contributed by atoms with Crippen molar-refractivity contribution in [3.63, 3.8) is 0 Å². The lowest BCUT2D eigenvalue weighted by Crippen LogP contribution is -2.61. The van der Waals surface area contributed by atoms with Gasteiger partial charge in [0, 0.05) is 68.4 Å². The van der Waals surface area contributed by atoms with Gasteiger partial charge in [-0.1, -0.05) is 51.4 Å². The van der Waals surface area contributed by atoms with Crippen LogP contribution < -0.4 is 30.4 Å². The summed E-state index contributed by atoms with van der Waals surface area (Å²) in [6.07, 6.45) is 4.95. The van der Waals surface area contributed by atoms with E-state index in [4.69, 9.17) is 30.5 Å². The predicted molar refractivity (Wildman–Crippen MR) is 408 cm³/mol. The number of ether oxygens (including phenoxy) is 4. The van der Waals surface area contributed by atoms with Gasteiger partial charge in [0.2, 0.25) is 11.8 Å². The van der Waals surface area contributed by atoms with Gasteiger partial charge in [-0.25, -0.2) is 47.1 Å². The monoisotopic (exact) mass is 1540 g/mol. The van der Waals surface area contributed by atoms with Crippen molar-refractivity contribution >= 4 is 90.1 Å². The van der Waals surface area contributed by atoms with E-state index < -0.39 is 121 Å². The Labute approximate surface area is 634 Å². The summed E-state index contributed by atoms with van der Waals surface area (Å²) in [6, 6.07) is 11.4. The highest BCUT2D eigenvalue weighted by Crippen LogP contribution is 2.45. The maximum absolute atomic E-state index is 16.8. The molecule has 0 bridgehead atoms. The highest BCUT2D eigenvalue weighted by atomic mass is 35.5. The second kappa shape index (κ2) is 32.1. The number of anilines is 2. The maximum Gasteiger partial charge on any atom is 0.410 e. The van der Waals surface area contributed by atoms with Crippen LogP contribution >= 0.6 is 11.6 Å². The zero-order valence-electron chi connectivity index (χ0n) is 63.7. The second-order valence-electron chi connectivity index (χ2n) is 29.4. The molecule has 2 aromatic carbocycles. The Morgan fingerprint density at radius 2 is 0.973 bits per heavy atom. The van der Waals surface area contributed by atoms with Crippen molar-refractivity contribution in [3.8, 4) is 34.4 Å². The fraction of sp³-hybridized carbons (Fsp3) is 0.403. The molecule has 12 rings (SSSR count). The number of aryl methyl sites for hydroxylation is 3. The molecule has 4 atom stereocenters. The van der Waals surface area contributed by atoms with E-state index >= 15 is 13.2 Å². The standard InChI is InChI=1S/C38H41F2N7O7.C28H34ClFN6O6.C11H10FNO/c1-19(2)29-31(20(3)11-13-41-29)46-34-24(15-26(40)30(43-34)28-25(39)10-9-22-12-14-42-35(53-8)27(22)28)32(33(36(46)49)47(51)52)45-16-21(4)44(17-23(45)18-48)37(50)54-38(5,6)7;1-14(2)20-21(15(3)8-9-31-20)35-25-18(10-19(30)24(29)32-25)22(23(26(35)38)36(40)41)34-11-16(4)33(12-17(34)13-37)27(39)42-28(5,6)7;1-7-9(12)4-3-8-5-6-13-11(14-2)10(7)8/h9-15,19,21,23,48H,16-18H2,1-8H3;8-10,14,16-17,37H,11-13H2,1-7H3;3-6H,1-2H3/t21-,23-;16-,17-;/m11./s1. The Morgan fingerprint density at radius 1 is 0.573 bits per heavy atom. The number of pyridine rings is 8. The molecule has 2 saturated heterocycles. The number of amides is 2. The van der Waals surface area contributed by atoms with E-state index in [2.05, 4.69) is 29.9 Å². The van der Waals surface area contributed by atoms with Gasteiger partial charge in [0.1, 0.15) is 45.7 Å². The number of carbonyl (C=O) groups excluding carboxylic acids is 2. The summed E-state index contributed by atoms with van der Waals surface area (Å²) in [5.74, 6) is -3.10. The third kappa shape index (κ3) is 15.8. The van der Waals surface area contributed by atoms with E-state index in [-0.39, 0.29) is 105 Å². The molecule has 0 aliphatic carbocycles. The number of rotatable bonds is 13. The minimum Gasteiger partial charge on any atom is -0.481 e. The molecule has 28 nitrogen and oxygen atoms in total. The third-order valence-electron chi connectivity index (χ3n) is 18.8. The Morgan fingerprint density at radius 3 is 1.38 bits per heavy atom. The van der Waals surface area contributed by atoms with Gasteiger partial charge in [0.15, 0.2) is 22.3 Å². The summed E-state index contributed by atoms with van der Waals surface area (Å²) in [5, 5.41) is 48.3. The van der Waals surface area contributed by atoms with E-state index in [1.807, 2.05) is 33.8 Å². The molecule has 2 N–H and O–H groups in total. The molecular formula is C77H85ClF4N14O14. The van der Waals surface area contributed by atoms with E-state index in [1.54, 1.807) is 119 Å². The topological polar surface area (TPSA) is 332 Å². The van der Waals surface area contributed by atoms with Crippen molar-refractivity contribution in [1.82, 2.24) is 48.8 Å². The van der Waals surface area contributed by atoms with Crippen molar-refractivity contribution in [2.75, 3.05) is 63.4 Å². The van der Waals surface area contributed by atoms with Gasteiger partial charge < -0.3 is 48.8 Å². The summed E-state index contributed by atoms with van der Waals surface area (Å²) < 4.78 is 84.8. The minimum atomic E-state index is -1.11. The number of benzene rings is 2. The third-order valence-corrected chi connectivity index (χ3v) is 19.0. The van der Waals surface area contributed by atoms with E-state index in [0.717, 1.165) is 38.1 Å². The number of nitrogens with zero attached hydrogens (tertiary/aromatic N) is 14. The first-order valence-electron chi connectivity index (χ1n) is 35.2. The molecule has 0 radical (unpaired) electrons. The van der Waals surface area contributed by atoms with Crippen LogP contribution in [0.15, 0.2) is 95.0 Å². The van der Waals surface area contributed by atoms with Crippen LogP contribution in [0.4, 0.5) is 49.9 Å². The molecule has 33 heteroatoms. The summed E-state index contributed by atoms with van der Waals surface area (Å²) in [7, 11) is 2.87. The average Bonchev–Trinajstić information content (AvgIpc) is 0.723. The quantitative estimate of drug-likeness (QED) is 0.0468. The Bertz CT molecular complexity index is 5420. The van der Waals surface area contributed by atoms with Crippen LogP contribution in [-0.4, -0.2) is 170 Å². The van der Waals surface area contributed by atoms with E-state index in [0.29, 0.717) is 39.3 Å². The predicted octanol–water partition coefficient (Wildman–Crippen LogP) is 13.8. The lowest BCUT2D eigenvalue weighted by Gasteiger charge is -2.45. The number of hydrogen-bond donors (Lipinski definition) is 2. The zero-order chi connectivity index (χ0) is 80.8. The molecule has 2 amide bonds.